The maximum atomic E-state index is 14.7. The van der Waals surface area contributed by atoms with Crippen LogP contribution in [0.4, 0.5) is 13.2 Å². The van der Waals surface area contributed by atoms with E-state index >= 15 is 0 Å². The summed E-state index contributed by atoms with van der Waals surface area (Å²) in [5.41, 5.74) is 8.35. The quantitative estimate of drug-likeness (QED) is 0.160. The number of rotatable bonds is 7. The van der Waals surface area contributed by atoms with Crippen molar-refractivity contribution < 1.29 is 13.2 Å². The SMILES string of the molecule is N#Cc1cccc(-c2ccc3c(c2)c2cc(-c4cccc(C#N)c4)ccc2n3-c2cc(-c3ccccc3C(F)(F)F)ccc2-c2nc(-c3ccccc3)nc(-c3ccccc3)n2)c1. The zero-order valence-electron chi connectivity index (χ0n) is 33.2. The smallest absolute Gasteiger partial charge is 0.308 e. The van der Waals surface area contributed by atoms with Crippen molar-refractivity contribution in [1.29, 1.82) is 10.5 Å². The third-order valence-corrected chi connectivity index (χ3v) is 11.1. The van der Waals surface area contributed by atoms with Crippen LogP contribution in [0.1, 0.15) is 16.7 Å². The molecular weight excluding hydrogens is 790 g/mol. The zero-order valence-corrected chi connectivity index (χ0v) is 33.2. The van der Waals surface area contributed by atoms with Gasteiger partial charge in [0.1, 0.15) is 0 Å². The minimum Gasteiger partial charge on any atom is -0.308 e. The number of fused-ring (bicyclic) bond motifs is 3. The topological polar surface area (TPSA) is 91.2 Å². The predicted molar refractivity (Wildman–Crippen MR) is 241 cm³/mol. The molecule has 6 nitrogen and oxygen atoms in total. The van der Waals surface area contributed by atoms with Crippen molar-refractivity contribution in [2.24, 2.45) is 0 Å². The van der Waals surface area contributed by atoms with Crippen LogP contribution in [0.2, 0.25) is 0 Å². The summed E-state index contributed by atoms with van der Waals surface area (Å²) in [6.07, 6.45) is -4.61. The number of halogens is 3. The van der Waals surface area contributed by atoms with Crippen molar-refractivity contribution >= 4 is 21.8 Å². The maximum absolute atomic E-state index is 14.7. The summed E-state index contributed by atoms with van der Waals surface area (Å²) < 4.78 is 46.0. The molecule has 2 aromatic heterocycles. The van der Waals surface area contributed by atoms with Crippen LogP contribution in [0.3, 0.4) is 0 Å². The molecule has 0 aliphatic rings. The first kappa shape index (κ1) is 38.5. The van der Waals surface area contributed by atoms with E-state index in [0.717, 1.165) is 61.3 Å². The summed E-state index contributed by atoms with van der Waals surface area (Å²) in [6.45, 7) is 0. The molecule has 0 fully saturated rings. The third kappa shape index (κ3) is 7.24. The lowest BCUT2D eigenvalue weighted by Gasteiger charge is -2.18. The summed E-state index contributed by atoms with van der Waals surface area (Å²) in [6, 6.07) is 61.4. The molecule has 0 atom stereocenters. The van der Waals surface area contributed by atoms with E-state index in [0.29, 0.717) is 45.4 Å². The van der Waals surface area contributed by atoms with Crippen molar-refractivity contribution in [3.63, 3.8) is 0 Å². The van der Waals surface area contributed by atoms with E-state index in [4.69, 9.17) is 15.0 Å². The molecule has 0 saturated carbocycles. The first-order chi connectivity index (χ1) is 30.7. The normalized spacial score (nSPS) is 11.4. The molecule has 8 aromatic carbocycles. The van der Waals surface area contributed by atoms with E-state index in [1.165, 1.54) is 12.1 Å². The standard InChI is InChI=1S/C54H31F3N6/c55-54(56,57)47-20-8-7-19-43(47)42-21-24-44(53-61-51(36-13-3-1-4-14-36)60-52(62-53)37-15-5-2-6-16-37)50(31-42)63-48-25-22-40(38-17-9-11-34(27-38)32-58)29-45(48)46-30-41(23-26-49(46)63)39-18-10-12-35(28-39)33-59/h1-31H. The molecule has 298 valence electrons. The molecule has 63 heavy (non-hydrogen) atoms. The molecular formula is C54H31F3N6. The number of alkyl halides is 3. The maximum Gasteiger partial charge on any atom is 0.417 e. The second-order valence-corrected chi connectivity index (χ2v) is 15.0. The Morgan fingerprint density at radius 2 is 0.857 bits per heavy atom. The highest BCUT2D eigenvalue weighted by molar-refractivity contribution is 6.12. The average Bonchev–Trinajstić information content (AvgIpc) is 3.67. The van der Waals surface area contributed by atoms with E-state index in [1.807, 2.05) is 121 Å². The lowest BCUT2D eigenvalue weighted by atomic mass is 9.96. The van der Waals surface area contributed by atoms with Gasteiger partial charge < -0.3 is 4.57 Å². The lowest BCUT2D eigenvalue weighted by molar-refractivity contribution is -0.137. The minimum absolute atomic E-state index is 0.0310. The fourth-order valence-electron chi connectivity index (χ4n) is 8.16. The number of nitriles is 2. The van der Waals surface area contributed by atoms with Crippen LogP contribution in [0, 0.1) is 22.7 Å². The molecule has 10 rings (SSSR count). The molecule has 0 bridgehead atoms. The van der Waals surface area contributed by atoms with Gasteiger partial charge in [-0.05, 0) is 100 Å². The van der Waals surface area contributed by atoms with E-state index in [9.17, 15) is 23.7 Å². The van der Waals surface area contributed by atoms with Crippen LogP contribution in [0.15, 0.2) is 188 Å². The molecule has 2 heterocycles. The van der Waals surface area contributed by atoms with Crippen molar-refractivity contribution in [2.75, 3.05) is 0 Å². The summed E-state index contributed by atoms with van der Waals surface area (Å²) >= 11 is 0. The number of nitrogens with zero attached hydrogens (tertiary/aromatic N) is 6. The highest BCUT2D eigenvalue weighted by atomic mass is 19.4. The lowest BCUT2D eigenvalue weighted by Crippen LogP contribution is -2.07. The van der Waals surface area contributed by atoms with Crippen molar-refractivity contribution in [3.8, 4) is 85.4 Å². The Balaban J connectivity index is 1.30. The second kappa shape index (κ2) is 15.7. The summed E-state index contributed by atoms with van der Waals surface area (Å²) in [5, 5.41) is 21.2. The van der Waals surface area contributed by atoms with Gasteiger partial charge in [0.15, 0.2) is 17.5 Å². The Bertz CT molecular complexity index is 3300. The third-order valence-electron chi connectivity index (χ3n) is 11.1. The van der Waals surface area contributed by atoms with Gasteiger partial charge in [-0.2, -0.15) is 23.7 Å². The average molecular weight is 821 g/mol. The Labute approximate surface area is 360 Å². The van der Waals surface area contributed by atoms with Gasteiger partial charge in [0.25, 0.3) is 0 Å². The Kier molecular flexibility index (Phi) is 9.63. The molecule has 0 saturated heterocycles. The molecule has 0 N–H and O–H groups in total. The van der Waals surface area contributed by atoms with Gasteiger partial charge in [-0.1, -0.05) is 121 Å². The van der Waals surface area contributed by atoms with Crippen LogP contribution in [-0.4, -0.2) is 19.5 Å². The van der Waals surface area contributed by atoms with Crippen molar-refractivity contribution in [2.45, 2.75) is 6.18 Å². The van der Waals surface area contributed by atoms with E-state index in [-0.39, 0.29) is 5.56 Å². The van der Waals surface area contributed by atoms with Gasteiger partial charge in [-0.15, -0.1) is 0 Å². The molecule has 9 heteroatoms. The minimum atomic E-state index is -4.61. The first-order valence-corrected chi connectivity index (χ1v) is 20.0. The van der Waals surface area contributed by atoms with Crippen LogP contribution >= 0.6 is 0 Å². The Morgan fingerprint density at radius 1 is 0.397 bits per heavy atom. The first-order valence-electron chi connectivity index (χ1n) is 20.0. The molecule has 0 radical (unpaired) electrons. The second-order valence-electron chi connectivity index (χ2n) is 15.0. The molecule has 0 amide bonds. The molecule has 0 unspecified atom stereocenters. The molecule has 0 aliphatic heterocycles. The predicted octanol–water partition coefficient (Wildman–Crippen LogP) is 13.7. The van der Waals surface area contributed by atoms with Gasteiger partial charge in [0.05, 0.1) is 45.5 Å². The monoisotopic (exact) mass is 820 g/mol. The van der Waals surface area contributed by atoms with E-state index < -0.39 is 11.7 Å². The van der Waals surface area contributed by atoms with E-state index in [1.54, 1.807) is 36.4 Å². The summed E-state index contributed by atoms with van der Waals surface area (Å²) in [5.74, 6) is 1.21. The largest absolute Gasteiger partial charge is 0.417 e. The zero-order chi connectivity index (χ0) is 43.1. The van der Waals surface area contributed by atoms with Gasteiger partial charge in [0, 0.05) is 27.5 Å². The number of aromatic nitrogens is 4. The van der Waals surface area contributed by atoms with Crippen molar-refractivity contribution in [1.82, 2.24) is 19.5 Å². The van der Waals surface area contributed by atoms with Gasteiger partial charge in [-0.25, -0.2) is 15.0 Å². The molecule has 0 spiro atoms. The highest BCUT2D eigenvalue weighted by Crippen LogP contribution is 2.43. The van der Waals surface area contributed by atoms with Gasteiger partial charge >= 0.3 is 6.18 Å². The molecule has 10 aromatic rings. The van der Waals surface area contributed by atoms with Crippen LogP contribution in [0.25, 0.3) is 95.0 Å². The van der Waals surface area contributed by atoms with E-state index in [2.05, 4.69) is 28.8 Å². The fourth-order valence-corrected chi connectivity index (χ4v) is 8.16. The molecule has 0 aliphatic carbocycles. The highest BCUT2D eigenvalue weighted by Gasteiger charge is 2.33. The van der Waals surface area contributed by atoms with Crippen LogP contribution in [0.5, 0.6) is 0 Å². The fraction of sp³-hybridized carbons (Fsp3) is 0.0185. The van der Waals surface area contributed by atoms with Gasteiger partial charge in [-0.3, -0.25) is 0 Å². The summed E-state index contributed by atoms with van der Waals surface area (Å²) in [4.78, 5) is 15.0. The van der Waals surface area contributed by atoms with Crippen molar-refractivity contribution in [3.05, 3.63) is 205 Å². The number of hydrogen-bond donors (Lipinski definition) is 0. The van der Waals surface area contributed by atoms with Gasteiger partial charge in [0.2, 0.25) is 0 Å². The Morgan fingerprint density at radius 3 is 1.38 bits per heavy atom. The Hall–Kier alpha value is -8.66. The van der Waals surface area contributed by atoms with Crippen LogP contribution in [-0.2, 0) is 6.18 Å². The summed E-state index contributed by atoms with van der Waals surface area (Å²) in [7, 11) is 0. The van der Waals surface area contributed by atoms with Crippen LogP contribution < -0.4 is 0 Å². The number of hydrogen-bond acceptors (Lipinski definition) is 5. The number of benzene rings is 8.